The second-order valence-corrected chi connectivity index (χ2v) is 3.74. The minimum atomic E-state index is -0.177. The summed E-state index contributed by atoms with van der Waals surface area (Å²) in [6.07, 6.45) is -0.0559. The zero-order valence-corrected chi connectivity index (χ0v) is 8.41. The first-order valence-corrected chi connectivity index (χ1v) is 4.96. The average Bonchev–Trinajstić information content (AvgIpc) is 2.66. The zero-order chi connectivity index (χ0) is 11.1. The summed E-state index contributed by atoms with van der Waals surface area (Å²) in [6, 6.07) is 3.33. The molecule has 0 fully saturated rings. The van der Waals surface area contributed by atoms with Crippen LogP contribution in [0.3, 0.4) is 0 Å². The monoisotopic (exact) mass is 219 g/mol. The van der Waals surface area contributed by atoms with Crippen LogP contribution in [0.25, 0.3) is 0 Å². The highest BCUT2D eigenvalue weighted by Crippen LogP contribution is 2.38. The topological polar surface area (TPSA) is 64.6 Å². The van der Waals surface area contributed by atoms with Crippen LogP contribution in [0.5, 0.6) is 11.5 Å². The maximum absolute atomic E-state index is 11.8. The number of benzene rings is 1. The van der Waals surface area contributed by atoms with Crippen molar-refractivity contribution in [1.29, 1.82) is 0 Å². The molecule has 5 nitrogen and oxygen atoms in total. The first-order valence-electron chi connectivity index (χ1n) is 4.96. The van der Waals surface area contributed by atoms with Crippen LogP contribution < -0.4 is 14.8 Å². The molecule has 0 saturated carbocycles. The van der Waals surface area contributed by atoms with Gasteiger partial charge in [-0.05, 0) is 6.07 Å². The van der Waals surface area contributed by atoms with Gasteiger partial charge in [-0.3, -0.25) is 9.59 Å². The normalized spacial score (nSPS) is 17.8. The highest BCUT2D eigenvalue weighted by Gasteiger charge is 2.24. The average molecular weight is 219 g/mol. The molecule has 0 radical (unpaired) electrons. The Balaban J connectivity index is 2.11. The molecule has 2 aliphatic heterocycles. The Morgan fingerprint density at radius 1 is 1.12 bits per heavy atom. The van der Waals surface area contributed by atoms with E-state index in [1.165, 1.54) is 0 Å². The third kappa shape index (κ3) is 1.32. The molecule has 0 unspecified atom stereocenters. The van der Waals surface area contributed by atoms with E-state index in [9.17, 15) is 9.59 Å². The molecule has 82 valence electrons. The van der Waals surface area contributed by atoms with Crippen molar-refractivity contribution in [3.8, 4) is 11.5 Å². The molecule has 2 aliphatic rings. The lowest BCUT2D eigenvalue weighted by molar-refractivity contribution is -0.116. The van der Waals surface area contributed by atoms with E-state index >= 15 is 0 Å². The van der Waals surface area contributed by atoms with Gasteiger partial charge in [-0.15, -0.1) is 0 Å². The zero-order valence-electron chi connectivity index (χ0n) is 8.41. The molecule has 0 atom stereocenters. The summed E-state index contributed by atoms with van der Waals surface area (Å²) in [6.45, 7) is 0.351. The van der Waals surface area contributed by atoms with Gasteiger partial charge in [0.1, 0.15) is 0 Å². The van der Waals surface area contributed by atoms with Gasteiger partial charge in [-0.1, -0.05) is 0 Å². The first-order chi connectivity index (χ1) is 7.74. The van der Waals surface area contributed by atoms with Gasteiger partial charge in [0.05, 0.1) is 13.0 Å². The largest absolute Gasteiger partial charge is 0.454 e. The van der Waals surface area contributed by atoms with E-state index in [0.29, 0.717) is 22.7 Å². The van der Waals surface area contributed by atoms with Crippen LogP contribution in [-0.2, 0) is 4.79 Å². The van der Waals surface area contributed by atoms with Gasteiger partial charge in [0.15, 0.2) is 23.1 Å². The smallest absolute Gasteiger partial charge is 0.231 e. The SMILES string of the molecule is O=C1CNc2cc3c(cc2C(=O)C1)OCO3. The molecular weight excluding hydrogens is 210 g/mol. The number of fused-ring (bicyclic) bond motifs is 2. The van der Waals surface area contributed by atoms with Crippen LogP contribution in [0.1, 0.15) is 16.8 Å². The summed E-state index contributed by atoms with van der Waals surface area (Å²) in [5.41, 5.74) is 1.13. The van der Waals surface area contributed by atoms with E-state index in [4.69, 9.17) is 9.47 Å². The third-order valence-corrected chi connectivity index (χ3v) is 2.65. The molecule has 1 N–H and O–H groups in total. The van der Waals surface area contributed by atoms with Crippen molar-refractivity contribution < 1.29 is 19.1 Å². The molecule has 5 heteroatoms. The Bertz CT molecular complexity index is 495. The predicted molar refractivity (Wildman–Crippen MR) is 55.0 cm³/mol. The lowest BCUT2D eigenvalue weighted by Crippen LogP contribution is -2.11. The number of hydrogen-bond donors (Lipinski definition) is 1. The van der Waals surface area contributed by atoms with Crippen molar-refractivity contribution in [1.82, 2.24) is 0 Å². The highest BCUT2D eigenvalue weighted by atomic mass is 16.7. The van der Waals surface area contributed by atoms with Crippen molar-refractivity contribution in [2.24, 2.45) is 0 Å². The van der Waals surface area contributed by atoms with Gasteiger partial charge < -0.3 is 14.8 Å². The minimum absolute atomic E-state index is 0.0559. The molecule has 0 saturated heterocycles. The predicted octanol–water partition coefficient (Wildman–Crippen LogP) is 0.983. The Morgan fingerprint density at radius 3 is 2.69 bits per heavy atom. The van der Waals surface area contributed by atoms with E-state index < -0.39 is 0 Å². The van der Waals surface area contributed by atoms with Crippen LogP contribution >= 0.6 is 0 Å². The molecule has 2 heterocycles. The van der Waals surface area contributed by atoms with E-state index in [2.05, 4.69) is 5.32 Å². The second kappa shape index (κ2) is 3.23. The number of Topliss-reactive ketones (excluding diaryl/α,β-unsaturated/α-hetero) is 2. The van der Waals surface area contributed by atoms with Crippen LogP contribution in [0.15, 0.2) is 12.1 Å². The fourth-order valence-corrected chi connectivity index (χ4v) is 1.85. The molecule has 0 bridgehead atoms. The van der Waals surface area contributed by atoms with Gasteiger partial charge in [-0.2, -0.15) is 0 Å². The number of ketones is 2. The van der Waals surface area contributed by atoms with E-state index in [-0.39, 0.29) is 31.3 Å². The number of rotatable bonds is 0. The summed E-state index contributed by atoms with van der Waals surface area (Å²) >= 11 is 0. The maximum atomic E-state index is 11.8. The lowest BCUT2D eigenvalue weighted by Gasteiger charge is -2.07. The van der Waals surface area contributed by atoms with E-state index in [1.54, 1.807) is 12.1 Å². The molecule has 0 spiro atoms. The standard InChI is InChI=1S/C11H9NO4/c13-6-1-9(14)7-2-10-11(16-5-15-10)3-8(7)12-4-6/h2-3,12H,1,4-5H2. The number of nitrogens with one attached hydrogen (secondary N) is 1. The Kier molecular flexibility index (Phi) is 1.86. The van der Waals surface area contributed by atoms with Crippen LogP contribution in [0, 0.1) is 0 Å². The second-order valence-electron chi connectivity index (χ2n) is 3.74. The van der Waals surface area contributed by atoms with Crippen molar-refractivity contribution in [2.75, 3.05) is 18.7 Å². The van der Waals surface area contributed by atoms with E-state index in [1.807, 2.05) is 0 Å². The Morgan fingerprint density at radius 2 is 1.88 bits per heavy atom. The summed E-state index contributed by atoms with van der Waals surface area (Å²) in [4.78, 5) is 23.0. The van der Waals surface area contributed by atoms with Crippen molar-refractivity contribution in [3.05, 3.63) is 17.7 Å². The number of anilines is 1. The summed E-state index contributed by atoms with van der Waals surface area (Å²) in [5, 5.41) is 2.93. The molecular formula is C11H9NO4. The Hall–Kier alpha value is -2.04. The molecule has 3 rings (SSSR count). The van der Waals surface area contributed by atoms with Gasteiger partial charge in [0.2, 0.25) is 6.79 Å². The lowest BCUT2D eigenvalue weighted by atomic mass is 10.1. The fraction of sp³-hybridized carbons (Fsp3) is 0.273. The van der Waals surface area contributed by atoms with E-state index in [0.717, 1.165) is 0 Å². The minimum Gasteiger partial charge on any atom is -0.454 e. The summed E-state index contributed by atoms with van der Waals surface area (Å²) < 4.78 is 10.4. The molecule has 16 heavy (non-hydrogen) atoms. The summed E-state index contributed by atoms with van der Waals surface area (Å²) in [7, 11) is 0. The maximum Gasteiger partial charge on any atom is 0.231 e. The number of ether oxygens (including phenoxy) is 2. The third-order valence-electron chi connectivity index (χ3n) is 2.65. The van der Waals surface area contributed by atoms with Crippen molar-refractivity contribution in [2.45, 2.75) is 6.42 Å². The van der Waals surface area contributed by atoms with Crippen LogP contribution in [-0.4, -0.2) is 24.9 Å². The van der Waals surface area contributed by atoms with Crippen LogP contribution in [0.2, 0.25) is 0 Å². The van der Waals surface area contributed by atoms with Gasteiger partial charge in [-0.25, -0.2) is 0 Å². The molecule has 0 aromatic heterocycles. The van der Waals surface area contributed by atoms with Crippen LogP contribution in [0.4, 0.5) is 5.69 Å². The fourth-order valence-electron chi connectivity index (χ4n) is 1.85. The number of carbonyl (C=O) groups excluding carboxylic acids is 2. The van der Waals surface area contributed by atoms with Crippen molar-refractivity contribution >= 4 is 17.3 Å². The number of hydrogen-bond acceptors (Lipinski definition) is 5. The number of carbonyl (C=O) groups is 2. The van der Waals surface area contributed by atoms with Crippen molar-refractivity contribution in [3.63, 3.8) is 0 Å². The Labute approximate surface area is 91.3 Å². The summed E-state index contributed by atoms with van der Waals surface area (Å²) in [5.74, 6) is 0.878. The molecule has 1 aromatic carbocycles. The van der Waals surface area contributed by atoms with Gasteiger partial charge in [0.25, 0.3) is 0 Å². The first kappa shape index (κ1) is 9.21. The molecule has 0 aliphatic carbocycles. The van der Waals surface area contributed by atoms with Gasteiger partial charge in [0, 0.05) is 17.3 Å². The highest BCUT2D eigenvalue weighted by molar-refractivity contribution is 6.13. The molecule has 1 aromatic rings. The quantitative estimate of drug-likeness (QED) is 0.659. The molecule has 0 amide bonds. The van der Waals surface area contributed by atoms with Gasteiger partial charge >= 0.3 is 0 Å².